The largest absolute Gasteiger partial charge is 0.473 e. The number of nitrogen functional groups attached to an aromatic ring is 1. The lowest BCUT2D eigenvalue weighted by molar-refractivity contribution is 0.0925. The molecule has 2 aliphatic rings. The molecular weight excluding hydrogens is 633 g/mol. The molecule has 3 aromatic heterocycles. The van der Waals surface area contributed by atoms with Gasteiger partial charge in [-0.25, -0.2) is 18.9 Å². The van der Waals surface area contributed by atoms with Crippen LogP contribution < -0.4 is 31.7 Å². The van der Waals surface area contributed by atoms with E-state index in [4.69, 9.17) is 16.2 Å². The first kappa shape index (κ1) is 33.6. The predicted octanol–water partition coefficient (Wildman–Crippen LogP) is 4.85. The molecule has 12 nitrogen and oxygen atoms in total. The lowest BCUT2D eigenvalue weighted by Gasteiger charge is -2.34. The Bertz CT molecular complexity index is 1780. The molecule has 6 N–H and O–H groups in total. The molecule has 48 heavy (non-hydrogen) atoms. The number of hydrogen-bond donors (Lipinski definition) is 4. The van der Waals surface area contributed by atoms with Crippen LogP contribution in [0.2, 0.25) is 0 Å². The van der Waals surface area contributed by atoms with E-state index in [2.05, 4.69) is 44.4 Å². The maximum atomic E-state index is 14.8. The van der Waals surface area contributed by atoms with Crippen LogP contribution in [0.3, 0.4) is 0 Å². The summed E-state index contributed by atoms with van der Waals surface area (Å²) in [5.41, 5.74) is 13.9. The first-order valence-electron chi connectivity index (χ1n) is 16.7. The average Bonchev–Trinajstić information content (AvgIpc) is 3.60. The van der Waals surface area contributed by atoms with Gasteiger partial charge in [0.15, 0.2) is 10.7 Å². The van der Waals surface area contributed by atoms with Crippen molar-refractivity contribution >= 4 is 40.2 Å². The fourth-order valence-corrected chi connectivity index (χ4v) is 7.71. The summed E-state index contributed by atoms with van der Waals surface area (Å²) in [6, 6.07) is 7.01. The summed E-state index contributed by atoms with van der Waals surface area (Å²) < 4.78 is 22.8. The van der Waals surface area contributed by atoms with Crippen molar-refractivity contribution in [2.75, 3.05) is 23.7 Å². The molecule has 4 heterocycles. The highest BCUT2D eigenvalue weighted by Gasteiger charge is 2.29. The Labute approximate surface area is 283 Å². The van der Waals surface area contributed by atoms with E-state index in [0.29, 0.717) is 46.2 Å². The number of piperidine rings is 1. The number of rotatable bonds is 9. The monoisotopic (exact) mass is 677 g/mol. The fourth-order valence-electron chi connectivity index (χ4n) is 6.95. The number of primary amides is 1. The summed E-state index contributed by atoms with van der Waals surface area (Å²) in [4.78, 5) is 36.8. The van der Waals surface area contributed by atoms with E-state index in [-0.39, 0.29) is 29.4 Å². The number of thiazole rings is 1. The SMILES string of the molecule is Cc1nc(OC2CCCC(NC(C)C)CCC2)c(C(=O)N[C@@H]2CCCN(c3cc(-c4ccc(C(N)=O)c(F)c4)n4ncnc(N)c34)C2)s1. The van der Waals surface area contributed by atoms with Gasteiger partial charge < -0.3 is 31.7 Å². The molecule has 256 valence electrons. The highest BCUT2D eigenvalue weighted by atomic mass is 32.1. The molecule has 1 aliphatic heterocycles. The third kappa shape index (κ3) is 7.39. The second-order valence-electron chi connectivity index (χ2n) is 13.1. The van der Waals surface area contributed by atoms with Crippen LogP contribution in [0.25, 0.3) is 16.8 Å². The zero-order chi connectivity index (χ0) is 33.9. The fraction of sp³-hybridized carbons (Fsp3) is 0.500. The first-order chi connectivity index (χ1) is 23.1. The van der Waals surface area contributed by atoms with Gasteiger partial charge in [0.25, 0.3) is 11.8 Å². The number of aromatic nitrogens is 4. The molecule has 1 aliphatic carbocycles. The lowest BCUT2D eigenvalue weighted by Crippen LogP contribution is -2.47. The number of carbonyl (C=O) groups excluding carboxylic acids is 2. The van der Waals surface area contributed by atoms with Crippen LogP contribution in [-0.2, 0) is 0 Å². The molecule has 0 spiro atoms. The maximum Gasteiger partial charge on any atom is 0.267 e. The number of anilines is 2. The van der Waals surface area contributed by atoms with Crippen molar-refractivity contribution in [3.05, 3.63) is 51.9 Å². The van der Waals surface area contributed by atoms with Crippen LogP contribution >= 0.6 is 11.3 Å². The van der Waals surface area contributed by atoms with Gasteiger partial charge in [-0.2, -0.15) is 5.10 Å². The minimum Gasteiger partial charge on any atom is -0.473 e. The number of ether oxygens (including phenoxy) is 1. The second kappa shape index (κ2) is 14.4. The average molecular weight is 678 g/mol. The van der Waals surface area contributed by atoms with Gasteiger partial charge in [0.2, 0.25) is 5.88 Å². The molecule has 0 unspecified atom stereocenters. The van der Waals surface area contributed by atoms with E-state index in [0.717, 1.165) is 68.6 Å². The molecule has 0 radical (unpaired) electrons. The minimum absolute atomic E-state index is 0.0358. The van der Waals surface area contributed by atoms with Crippen molar-refractivity contribution in [3.63, 3.8) is 0 Å². The Hall–Kier alpha value is -4.30. The van der Waals surface area contributed by atoms with E-state index in [1.807, 2.05) is 13.0 Å². The van der Waals surface area contributed by atoms with Crippen LogP contribution in [0.5, 0.6) is 5.88 Å². The Balaban J connectivity index is 1.17. The van der Waals surface area contributed by atoms with Gasteiger partial charge in [-0.1, -0.05) is 19.9 Å². The second-order valence-corrected chi connectivity index (χ2v) is 14.3. The molecule has 1 saturated heterocycles. The topological polar surface area (TPSA) is 166 Å². The summed E-state index contributed by atoms with van der Waals surface area (Å²) in [6.45, 7) is 7.52. The van der Waals surface area contributed by atoms with E-state index < -0.39 is 11.7 Å². The Morgan fingerprint density at radius 3 is 2.54 bits per heavy atom. The Morgan fingerprint density at radius 2 is 1.83 bits per heavy atom. The molecule has 6 rings (SSSR count). The van der Waals surface area contributed by atoms with Gasteiger partial charge in [0.1, 0.15) is 23.8 Å². The number of nitrogens with two attached hydrogens (primary N) is 2. The molecule has 2 fully saturated rings. The number of aryl methyl sites for hydroxylation is 1. The highest BCUT2D eigenvalue weighted by Crippen LogP contribution is 2.36. The zero-order valence-corrected chi connectivity index (χ0v) is 28.5. The standard InChI is InChI=1S/C34H44FN9O3S/c1-19(2)40-22-7-4-10-24(11-5-8-22)47-34-30(48-20(3)41-34)33(46)42-23-9-6-14-43(17-23)28-16-27(44-29(28)31(36)38-18-39-44)21-12-13-25(32(37)45)26(35)15-21/h12-13,15-16,18-19,22-24,40H,4-11,14,17H2,1-3H3,(H2,37,45)(H,42,46)(H2,36,38,39)/t22?,23-,24?/m1/s1. The third-order valence-electron chi connectivity index (χ3n) is 9.10. The predicted molar refractivity (Wildman–Crippen MR) is 185 cm³/mol. The number of fused-ring (bicyclic) bond motifs is 1. The van der Waals surface area contributed by atoms with Crippen molar-refractivity contribution < 1.29 is 18.7 Å². The number of halogens is 1. The van der Waals surface area contributed by atoms with Crippen molar-refractivity contribution in [2.24, 2.45) is 5.73 Å². The number of nitrogens with zero attached hydrogens (tertiary/aromatic N) is 5. The number of nitrogens with one attached hydrogen (secondary N) is 2. The van der Waals surface area contributed by atoms with Gasteiger partial charge >= 0.3 is 0 Å². The molecule has 1 aromatic carbocycles. The summed E-state index contributed by atoms with van der Waals surface area (Å²) in [6.07, 6.45) is 9.26. The smallest absolute Gasteiger partial charge is 0.267 e. The van der Waals surface area contributed by atoms with Crippen molar-refractivity contribution in [2.45, 2.75) is 96.4 Å². The summed E-state index contributed by atoms with van der Waals surface area (Å²) in [5.74, 6) is -1.05. The highest BCUT2D eigenvalue weighted by molar-refractivity contribution is 7.13. The van der Waals surface area contributed by atoms with E-state index in [1.54, 1.807) is 10.6 Å². The van der Waals surface area contributed by atoms with Crippen LogP contribution in [-0.4, -0.2) is 68.7 Å². The Kier molecular flexibility index (Phi) is 10.1. The molecule has 2 amide bonds. The molecule has 1 saturated carbocycles. The molecule has 0 bridgehead atoms. The minimum atomic E-state index is -0.840. The van der Waals surface area contributed by atoms with Crippen LogP contribution in [0.1, 0.15) is 90.3 Å². The number of benzene rings is 1. The summed E-state index contributed by atoms with van der Waals surface area (Å²) >= 11 is 1.35. The van der Waals surface area contributed by atoms with Crippen molar-refractivity contribution in [1.29, 1.82) is 0 Å². The van der Waals surface area contributed by atoms with Crippen molar-refractivity contribution in [1.82, 2.24) is 30.2 Å². The lowest BCUT2D eigenvalue weighted by atomic mass is 9.94. The van der Waals surface area contributed by atoms with Crippen LogP contribution in [0.4, 0.5) is 15.9 Å². The molecule has 14 heteroatoms. The zero-order valence-electron chi connectivity index (χ0n) is 27.7. The van der Waals surface area contributed by atoms with Crippen LogP contribution in [0, 0.1) is 12.7 Å². The first-order valence-corrected chi connectivity index (χ1v) is 17.6. The quantitative estimate of drug-likeness (QED) is 0.194. The molecule has 4 aromatic rings. The molecule has 1 atom stereocenters. The van der Waals surface area contributed by atoms with E-state index in [1.165, 1.54) is 29.8 Å². The van der Waals surface area contributed by atoms with Gasteiger partial charge in [0, 0.05) is 36.8 Å². The number of amides is 2. The van der Waals surface area contributed by atoms with Gasteiger partial charge in [-0.05, 0) is 76.5 Å². The van der Waals surface area contributed by atoms with Gasteiger partial charge in [0.05, 0.1) is 22.0 Å². The van der Waals surface area contributed by atoms with Gasteiger partial charge in [-0.15, -0.1) is 11.3 Å². The maximum absolute atomic E-state index is 14.8. The van der Waals surface area contributed by atoms with E-state index >= 15 is 0 Å². The Morgan fingerprint density at radius 1 is 1.08 bits per heavy atom. The number of carbonyl (C=O) groups is 2. The summed E-state index contributed by atoms with van der Waals surface area (Å²) in [5, 5.41) is 12.1. The molecular formula is C34H44FN9O3S. The van der Waals surface area contributed by atoms with Crippen molar-refractivity contribution in [3.8, 4) is 17.1 Å². The normalized spacial score (nSPS) is 20.4. The van der Waals surface area contributed by atoms with E-state index in [9.17, 15) is 14.0 Å². The van der Waals surface area contributed by atoms with Crippen LogP contribution in [0.15, 0.2) is 30.6 Å². The number of hydrogen-bond acceptors (Lipinski definition) is 10. The van der Waals surface area contributed by atoms with Gasteiger partial charge in [-0.3, -0.25) is 9.59 Å². The third-order valence-corrected chi connectivity index (χ3v) is 10.1. The summed E-state index contributed by atoms with van der Waals surface area (Å²) in [7, 11) is 0.